The Morgan fingerprint density at radius 2 is 1.58 bits per heavy atom. The van der Waals surface area contributed by atoms with Crippen molar-refractivity contribution in [2.75, 3.05) is 9.96 Å². The van der Waals surface area contributed by atoms with Crippen molar-refractivity contribution in [2.45, 2.75) is 26.0 Å². The topological polar surface area (TPSA) is 70.1 Å². The number of phenols is 1. The highest BCUT2D eigenvalue weighted by atomic mass is 16.7. The molecule has 3 aromatic carbocycles. The molecule has 156 valence electrons. The number of hydroxylamine groups is 1. The van der Waals surface area contributed by atoms with Gasteiger partial charge < -0.3 is 5.11 Å². The van der Waals surface area contributed by atoms with Crippen molar-refractivity contribution in [3.05, 3.63) is 89.5 Å². The van der Waals surface area contributed by atoms with Crippen LogP contribution in [0, 0.1) is 19.8 Å². The fraction of sp³-hybridized carbons (Fsp3) is 0.200. The summed E-state index contributed by atoms with van der Waals surface area (Å²) in [6, 6.07) is 21.3. The molecule has 6 nitrogen and oxygen atoms in total. The van der Waals surface area contributed by atoms with E-state index in [0.29, 0.717) is 5.69 Å². The zero-order valence-electron chi connectivity index (χ0n) is 17.2. The molecule has 2 aliphatic rings. The number of nitrogens with zero attached hydrogens (tertiary/aromatic N) is 2. The minimum atomic E-state index is -0.910. The van der Waals surface area contributed by atoms with E-state index in [-0.39, 0.29) is 17.6 Å². The van der Waals surface area contributed by atoms with Crippen LogP contribution in [-0.2, 0) is 14.4 Å². The van der Waals surface area contributed by atoms with Crippen LogP contribution in [0.1, 0.15) is 22.7 Å². The van der Waals surface area contributed by atoms with Crippen LogP contribution in [0.3, 0.4) is 0 Å². The van der Waals surface area contributed by atoms with Crippen molar-refractivity contribution < 1.29 is 19.5 Å². The van der Waals surface area contributed by atoms with E-state index in [1.54, 1.807) is 29.3 Å². The van der Waals surface area contributed by atoms with E-state index in [1.165, 1.54) is 4.90 Å². The van der Waals surface area contributed by atoms with Crippen LogP contribution in [0.4, 0.5) is 11.4 Å². The Kier molecular flexibility index (Phi) is 4.52. The van der Waals surface area contributed by atoms with Gasteiger partial charge in [0.2, 0.25) is 5.91 Å². The van der Waals surface area contributed by atoms with Crippen molar-refractivity contribution in [2.24, 2.45) is 5.92 Å². The van der Waals surface area contributed by atoms with Crippen LogP contribution in [0.25, 0.3) is 0 Å². The highest BCUT2D eigenvalue weighted by molar-refractivity contribution is 6.24. The molecular formula is C25H22N2O4. The monoisotopic (exact) mass is 414 g/mol. The Bertz CT molecular complexity index is 1160. The van der Waals surface area contributed by atoms with E-state index in [9.17, 15) is 14.7 Å². The van der Waals surface area contributed by atoms with E-state index in [4.69, 9.17) is 4.84 Å². The first kappa shape index (κ1) is 19.3. The lowest BCUT2D eigenvalue weighted by atomic mass is 9.90. The number of benzene rings is 3. The molecule has 2 fully saturated rings. The SMILES string of the molecule is Cc1ccc(N2C(=O)[C@H]3[C@@H](c4ccc(O)cc4)N(c4ccccc4)O[C@H]3C2=O)c(C)c1. The molecule has 0 aromatic heterocycles. The first-order valence-electron chi connectivity index (χ1n) is 10.2. The fourth-order valence-electron chi connectivity index (χ4n) is 4.52. The van der Waals surface area contributed by atoms with Crippen molar-refractivity contribution in [3.8, 4) is 5.75 Å². The fourth-order valence-corrected chi connectivity index (χ4v) is 4.52. The first-order chi connectivity index (χ1) is 15.0. The first-order valence-corrected chi connectivity index (χ1v) is 10.2. The van der Waals surface area contributed by atoms with Crippen molar-refractivity contribution >= 4 is 23.2 Å². The summed E-state index contributed by atoms with van der Waals surface area (Å²) in [5.74, 6) is -1.20. The molecule has 2 aliphatic heterocycles. The van der Waals surface area contributed by atoms with Crippen molar-refractivity contribution in [1.82, 2.24) is 0 Å². The number of carbonyl (C=O) groups excluding carboxylic acids is 2. The minimum Gasteiger partial charge on any atom is -0.508 e. The van der Waals surface area contributed by atoms with Crippen LogP contribution in [-0.4, -0.2) is 23.0 Å². The predicted octanol–water partition coefficient (Wildman–Crippen LogP) is 4.06. The minimum absolute atomic E-state index is 0.135. The number of imide groups is 1. The molecule has 0 spiro atoms. The maximum atomic E-state index is 13.6. The lowest BCUT2D eigenvalue weighted by Gasteiger charge is -2.29. The molecule has 5 rings (SSSR count). The van der Waals surface area contributed by atoms with Crippen LogP contribution < -0.4 is 9.96 Å². The maximum Gasteiger partial charge on any atom is 0.266 e. The highest BCUT2D eigenvalue weighted by Crippen LogP contribution is 2.48. The van der Waals surface area contributed by atoms with Gasteiger partial charge in [0, 0.05) is 0 Å². The Balaban J connectivity index is 1.59. The van der Waals surface area contributed by atoms with Gasteiger partial charge in [-0.2, -0.15) is 0 Å². The molecule has 2 amide bonds. The molecule has 1 N–H and O–H groups in total. The number of carbonyl (C=O) groups is 2. The number of aryl methyl sites for hydroxylation is 2. The Hall–Kier alpha value is -3.64. The van der Waals surface area contributed by atoms with Gasteiger partial charge in [0.05, 0.1) is 17.4 Å². The molecular weight excluding hydrogens is 392 g/mol. The van der Waals surface area contributed by atoms with Crippen molar-refractivity contribution in [1.29, 1.82) is 0 Å². The van der Waals surface area contributed by atoms with Gasteiger partial charge in [-0.3, -0.25) is 14.4 Å². The van der Waals surface area contributed by atoms with Gasteiger partial charge in [-0.25, -0.2) is 9.96 Å². The molecule has 0 aliphatic carbocycles. The van der Waals surface area contributed by atoms with Gasteiger partial charge in [0.1, 0.15) is 11.7 Å². The van der Waals surface area contributed by atoms with Crippen LogP contribution in [0.5, 0.6) is 5.75 Å². The molecule has 31 heavy (non-hydrogen) atoms. The zero-order valence-corrected chi connectivity index (χ0v) is 17.2. The zero-order chi connectivity index (χ0) is 21.7. The van der Waals surface area contributed by atoms with Crippen LogP contribution in [0.2, 0.25) is 0 Å². The van der Waals surface area contributed by atoms with Gasteiger partial charge in [0.15, 0.2) is 6.10 Å². The second kappa shape index (κ2) is 7.25. The van der Waals surface area contributed by atoms with E-state index in [1.807, 2.05) is 62.4 Å². The van der Waals surface area contributed by atoms with E-state index >= 15 is 0 Å². The largest absolute Gasteiger partial charge is 0.508 e. The summed E-state index contributed by atoms with van der Waals surface area (Å²) >= 11 is 0. The molecule has 0 saturated carbocycles. The van der Waals surface area contributed by atoms with Crippen molar-refractivity contribution in [3.63, 3.8) is 0 Å². The number of aromatic hydroxyl groups is 1. The second-order valence-corrected chi connectivity index (χ2v) is 8.05. The van der Waals surface area contributed by atoms with Gasteiger partial charge in [-0.05, 0) is 55.3 Å². The summed E-state index contributed by atoms with van der Waals surface area (Å²) < 4.78 is 0. The average Bonchev–Trinajstić information content (AvgIpc) is 3.26. The third-order valence-corrected chi connectivity index (χ3v) is 5.95. The number of fused-ring (bicyclic) bond motifs is 1. The van der Waals surface area contributed by atoms with Gasteiger partial charge >= 0.3 is 0 Å². The molecule has 0 bridgehead atoms. The molecule has 3 aromatic rings. The number of anilines is 2. The summed E-state index contributed by atoms with van der Waals surface area (Å²) in [7, 11) is 0. The number of amides is 2. The molecule has 3 atom stereocenters. The Morgan fingerprint density at radius 1 is 0.871 bits per heavy atom. The number of hydrogen-bond acceptors (Lipinski definition) is 5. The third-order valence-electron chi connectivity index (χ3n) is 5.95. The molecule has 0 unspecified atom stereocenters. The predicted molar refractivity (Wildman–Crippen MR) is 117 cm³/mol. The molecule has 2 saturated heterocycles. The lowest BCUT2D eigenvalue weighted by molar-refractivity contribution is -0.126. The van der Waals surface area contributed by atoms with Crippen LogP contribution >= 0.6 is 0 Å². The van der Waals surface area contributed by atoms with E-state index < -0.39 is 18.1 Å². The van der Waals surface area contributed by atoms with E-state index in [2.05, 4.69) is 0 Å². The summed E-state index contributed by atoms with van der Waals surface area (Å²) in [4.78, 5) is 34.4. The van der Waals surface area contributed by atoms with Gasteiger partial charge in [-0.15, -0.1) is 0 Å². The maximum absolute atomic E-state index is 13.6. The Labute approximate surface area is 180 Å². The van der Waals surface area contributed by atoms with E-state index in [0.717, 1.165) is 22.4 Å². The molecule has 0 radical (unpaired) electrons. The van der Waals surface area contributed by atoms with Gasteiger partial charge in [0.25, 0.3) is 5.91 Å². The summed E-state index contributed by atoms with van der Waals surface area (Å²) in [6.07, 6.45) is -0.910. The lowest BCUT2D eigenvalue weighted by Crippen LogP contribution is -2.37. The smallest absolute Gasteiger partial charge is 0.266 e. The quantitative estimate of drug-likeness (QED) is 0.655. The summed E-state index contributed by atoms with van der Waals surface area (Å²) in [6.45, 7) is 3.87. The third kappa shape index (κ3) is 3.07. The highest BCUT2D eigenvalue weighted by Gasteiger charge is 2.60. The molecule has 6 heteroatoms. The van der Waals surface area contributed by atoms with Crippen LogP contribution in [0.15, 0.2) is 72.8 Å². The number of para-hydroxylation sites is 1. The second-order valence-electron chi connectivity index (χ2n) is 8.05. The summed E-state index contributed by atoms with van der Waals surface area (Å²) in [5.41, 5.74) is 4.07. The standard InChI is InChI=1S/C25H22N2O4/c1-15-8-13-20(16(2)14-15)26-24(29)21-22(17-9-11-19(28)12-10-17)27(31-23(21)25(26)30)18-6-4-3-5-7-18/h3-14,21-23,28H,1-2H3/t21-,22+,23+/m0/s1. The number of rotatable bonds is 3. The average molecular weight is 414 g/mol. The molecule has 2 heterocycles. The number of phenolic OH excluding ortho intramolecular Hbond substituents is 1. The normalized spacial score (nSPS) is 22.8. The number of hydrogen-bond donors (Lipinski definition) is 1. The Morgan fingerprint density at radius 3 is 2.26 bits per heavy atom. The van der Waals surface area contributed by atoms with Gasteiger partial charge in [-0.1, -0.05) is 48.0 Å². The summed E-state index contributed by atoms with van der Waals surface area (Å²) in [5, 5.41) is 11.4.